The molecule has 1 aromatic rings. The van der Waals surface area contributed by atoms with Gasteiger partial charge < -0.3 is 15.5 Å². The molecule has 0 aliphatic carbocycles. The lowest BCUT2D eigenvalue weighted by molar-refractivity contribution is 0.00346. The van der Waals surface area contributed by atoms with Crippen molar-refractivity contribution < 1.29 is 28.0 Å². The Bertz CT molecular complexity index is 393. The summed E-state index contributed by atoms with van der Waals surface area (Å²) in [4.78, 5) is 17.2. The minimum Gasteiger partial charge on any atom is -0.399 e. The van der Waals surface area contributed by atoms with Gasteiger partial charge in [0.2, 0.25) is 0 Å². The molecule has 0 aromatic heterocycles. The summed E-state index contributed by atoms with van der Waals surface area (Å²) < 4.78 is 30.1. The Balaban J connectivity index is 2.67. The van der Waals surface area contributed by atoms with Gasteiger partial charge in [-0.3, -0.25) is 18.2 Å². The van der Waals surface area contributed by atoms with E-state index in [0.29, 0.717) is 11.3 Å². The van der Waals surface area contributed by atoms with Crippen LogP contribution in [-0.4, -0.2) is 16.1 Å². The lowest BCUT2D eigenvalue weighted by atomic mass is 10.1. The molecule has 0 amide bonds. The molecule has 0 radical (unpaired) electrons. The van der Waals surface area contributed by atoms with Gasteiger partial charge in [-0.2, -0.15) is 0 Å². The highest BCUT2D eigenvalue weighted by Gasteiger charge is 2.15. The highest BCUT2D eigenvalue weighted by Crippen LogP contribution is 2.28. The van der Waals surface area contributed by atoms with Gasteiger partial charge in [0, 0.05) is 12.1 Å². The van der Waals surface area contributed by atoms with Gasteiger partial charge >= 0.3 is 16.5 Å². The summed E-state index contributed by atoms with van der Waals surface area (Å²) in [6.45, 7) is 0. The van der Waals surface area contributed by atoms with Crippen molar-refractivity contribution >= 4 is 22.2 Å². The first-order chi connectivity index (χ1) is 7.97. The third-order valence-corrected chi connectivity index (χ3v) is 2.78. The molecule has 0 aliphatic rings. The van der Waals surface area contributed by atoms with Crippen molar-refractivity contribution in [1.29, 1.82) is 0 Å². The number of hydrogen-bond donors (Lipinski definition) is 3. The smallest absolute Gasteiger partial charge is 0.318 e. The van der Waals surface area contributed by atoms with Crippen molar-refractivity contribution in [2.75, 3.05) is 5.73 Å². The van der Waals surface area contributed by atoms with Crippen molar-refractivity contribution in [3.63, 3.8) is 0 Å². The highest BCUT2D eigenvalue weighted by atomic mass is 31.1. The summed E-state index contributed by atoms with van der Waals surface area (Å²) in [7, 11) is -6.48. The van der Waals surface area contributed by atoms with E-state index in [0.717, 1.165) is 0 Å². The van der Waals surface area contributed by atoms with E-state index in [1.807, 2.05) is 0 Å². The fourth-order valence-corrected chi connectivity index (χ4v) is 1.99. The van der Waals surface area contributed by atoms with E-state index in [1.165, 1.54) is 0 Å². The van der Waals surface area contributed by atoms with Crippen molar-refractivity contribution in [3.05, 3.63) is 29.8 Å². The topological polar surface area (TPSA) is 119 Å². The molecule has 9 heteroatoms. The minimum atomic E-state index is -3.24. The van der Waals surface area contributed by atoms with Crippen LogP contribution >= 0.6 is 16.5 Å². The van der Waals surface area contributed by atoms with Crippen molar-refractivity contribution in [2.45, 2.75) is 12.7 Å². The van der Waals surface area contributed by atoms with Crippen LogP contribution in [0.2, 0.25) is 0 Å². The zero-order valence-corrected chi connectivity index (χ0v) is 10.7. The SMILES string of the molecule is Nc1ccc(CC(O[PH](=O)O)O[PH](=O)O)cc1. The first-order valence-electron chi connectivity index (χ1n) is 4.61. The second kappa shape index (κ2) is 6.91. The second-order valence-corrected chi connectivity index (χ2v) is 4.68. The maximum Gasteiger partial charge on any atom is 0.318 e. The summed E-state index contributed by atoms with van der Waals surface area (Å²) in [5, 5.41) is 0. The number of benzene rings is 1. The lowest BCUT2D eigenvalue weighted by Crippen LogP contribution is -2.14. The predicted octanol–water partition coefficient (Wildman–Crippen LogP) is 0.935. The molecule has 0 saturated heterocycles. The van der Waals surface area contributed by atoms with Crippen LogP contribution in [0.25, 0.3) is 0 Å². The quantitative estimate of drug-likeness (QED) is 0.403. The van der Waals surface area contributed by atoms with Gasteiger partial charge in [-0.1, -0.05) is 12.1 Å². The number of hydrogen-bond acceptors (Lipinski definition) is 5. The monoisotopic (exact) mass is 281 g/mol. The number of anilines is 1. The largest absolute Gasteiger partial charge is 0.399 e. The second-order valence-electron chi connectivity index (χ2n) is 3.14. The summed E-state index contributed by atoms with van der Waals surface area (Å²) in [6.07, 6.45) is -1.15. The Labute approximate surface area is 99.1 Å². The van der Waals surface area contributed by atoms with Crippen LogP contribution < -0.4 is 5.73 Å². The van der Waals surface area contributed by atoms with Gasteiger partial charge in [0.05, 0.1) is 0 Å². The molecule has 0 heterocycles. The van der Waals surface area contributed by atoms with E-state index >= 15 is 0 Å². The molecule has 0 fully saturated rings. The number of nitrogens with two attached hydrogens (primary N) is 1. The molecule has 17 heavy (non-hydrogen) atoms. The average molecular weight is 281 g/mol. The van der Waals surface area contributed by atoms with Crippen LogP contribution in [0.3, 0.4) is 0 Å². The van der Waals surface area contributed by atoms with E-state index in [9.17, 15) is 9.13 Å². The minimum absolute atomic E-state index is 0.0776. The van der Waals surface area contributed by atoms with E-state index in [4.69, 9.17) is 15.5 Å². The normalized spacial score (nSPS) is 16.4. The maximum atomic E-state index is 10.5. The van der Waals surface area contributed by atoms with Gasteiger partial charge in [0.25, 0.3) is 0 Å². The Hall–Kier alpha value is -0.680. The third kappa shape index (κ3) is 5.98. The van der Waals surface area contributed by atoms with E-state index in [1.54, 1.807) is 24.3 Å². The van der Waals surface area contributed by atoms with Gasteiger partial charge in [-0.15, -0.1) is 0 Å². The van der Waals surface area contributed by atoms with Crippen LogP contribution in [-0.2, 0) is 24.6 Å². The van der Waals surface area contributed by atoms with Gasteiger partial charge in [-0.25, -0.2) is 0 Å². The fraction of sp³-hybridized carbons (Fsp3) is 0.250. The number of nitrogen functional groups attached to an aromatic ring is 1. The Morgan fingerprint density at radius 3 is 2.00 bits per heavy atom. The van der Waals surface area contributed by atoms with Crippen molar-refractivity contribution in [1.82, 2.24) is 0 Å². The Morgan fingerprint density at radius 1 is 1.12 bits per heavy atom. The van der Waals surface area contributed by atoms with Gasteiger partial charge in [0.1, 0.15) is 0 Å². The fourth-order valence-electron chi connectivity index (χ4n) is 1.18. The predicted molar refractivity (Wildman–Crippen MR) is 63.0 cm³/mol. The molecule has 7 nitrogen and oxygen atoms in total. The van der Waals surface area contributed by atoms with Gasteiger partial charge in [-0.05, 0) is 17.7 Å². The van der Waals surface area contributed by atoms with Crippen LogP contribution in [0.15, 0.2) is 24.3 Å². The van der Waals surface area contributed by atoms with Gasteiger partial charge in [0.15, 0.2) is 6.29 Å². The molecule has 0 aliphatic heterocycles. The first-order valence-corrected chi connectivity index (χ1v) is 7.13. The molecule has 96 valence electrons. The number of rotatable bonds is 6. The molecule has 0 bridgehead atoms. The average Bonchev–Trinajstić information content (AvgIpc) is 2.19. The zero-order chi connectivity index (χ0) is 12.8. The molecule has 0 spiro atoms. The molecule has 2 unspecified atom stereocenters. The molecule has 1 rings (SSSR count). The summed E-state index contributed by atoms with van der Waals surface area (Å²) in [5.74, 6) is 0. The third-order valence-electron chi connectivity index (χ3n) is 1.85. The van der Waals surface area contributed by atoms with Crippen LogP contribution in [0.1, 0.15) is 5.56 Å². The first kappa shape index (κ1) is 14.4. The molecular weight excluding hydrogens is 268 g/mol. The lowest BCUT2D eigenvalue weighted by Gasteiger charge is -2.14. The highest BCUT2D eigenvalue weighted by molar-refractivity contribution is 7.32. The molecule has 0 saturated carbocycles. The van der Waals surface area contributed by atoms with Crippen molar-refractivity contribution in [2.24, 2.45) is 0 Å². The maximum absolute atomic E-state index is 10.5. The standard InChI is InChI=1S/C8H13NO6P2/c9-7-3-1-6(2-4-7)5-8(14-16(10)11)15-17(12)13/h1-4,8,16-17H,5,9H2,(H,10,11)(H,12,13). The summed E-state index contributed by atoms with van der Waals surface area (Å²) in [6, 6.07) is 6.60. The molecule has 4 N–H and O–H groups in total. The summed E-state index contributed by atoms with van der Waals surface area (Å²) in [5.41, 5.74) is 6.76. The van der Waals surface area contributed by atoms with E-state index in [-0.39, 0.29) is 6.42 Å². The van der Waals surface area contributed by atoms with Crippen LogP contribution in [0, 0.1) is 0 Å². The molecule has 1 aromatic carbocycles. The van der Waals surface area contributed by atoms with E-state index in [2.05, 4.69) is 9.05 Å². The van der Waals surface area contributed by atoms with Crippen LogP contribution in [0.5, 0.6) is 0 Å². The molecule has 2 atom stereocenters. The zero-order valence-electron chi connectivity index (χ0n) is 8.70. The van der Waals surface area contributed by atoms with Crippen LogP contribution in [0.4, 0.5) is 5.69 Å². The summed E-state index contributed by atoms with van der Waals surface area (Å²) >= 11 is 0. The Kier molecular flexibility index (Phi) is 5.85. The molecular formula is C8H13NO6P2. The Morgan fingerprint density at radius 2 is 1.59 bits per heavy atom. The van der Waals surface area contributed by atoms with E-state index < -0.39 is 22.8 Å². The van der Waals surface area contributed by atoms with Crippen molar-refractivity contribution in [3.8, 4) is 0 Å².